The van der Waals surface area contributed by atoms with E-state index in [0.717, 1.165) is 0 Å². The molecule has 0 aliphatic heterocycles. The minimum absolute atomic E-state index is 0.171. The van der Waals surface area contributed by atoms with E-state index >= 15 is 0 Å². The number of carbonyl (C=O) groups is 1. The molecule has 0 aromatic carbocycles. The summed E-state index contributed by atoms with van der Waals surface area (Å²) in [6.45, 7) is 2.02. The number of nitrogens with one attached hydrogen (secondary N) is 1. The fourth-order valence-corrected chi connectivity index (χ4v) is 1.55. The van der Waals surface area contributed by atoms with E-state index in [0.29, 0.717) is 26.2 Å². The number of ether oxygens (including phenoxy) is 1. The van der Waals surface area contributed by atoms with E-state index in [2.05, 4.69) is 10.3 Å². The fourth-order valence-electron chi connectivity index (χ4n) is 1.55. The Hall–Kier alpha value is -1.55. The molecule has 0 saturated carbocycles. The van der Waals surface area contributed by atoms with Crippen LogP contribution in [0.25, 0.3) is 0 Å². The van der Waals surface area contributed by atoms with Crippen LogP contribution in [0.15, 0.2) is 6.20 Å². The third-order valence-electron chi connectivity index (χ3n) is 2.49. The van der Waals surface area contributed by atoms with Gasteiger partial charge in [-0.2, -0.15) is 0 Å². The van der Waals surface area contributed by atoms with E-state index in [1.165, 1.54) is 6.20 Å². The van der Waals surface area contributed by atoms with Crippen molar-refractivity contribution in [2.24, 2.45) is 5.84 Å². The van der Waals surface area contributed by atoms with Crippen molar-refractivity contribution < 1.29 is 14.6 Å². The minimum Gasteiger partial charge on any atom is -0.389 e. The summed E-state index contributed by atoms with van der Waals surface area (Å²) in [5.41, 5.74) is 2.16. The Morgan fingerprint density at radius 3 is 3.11 bits per heavy atom. The highest BCUT2D eigenvalue weighted by Gasteiger charge is 2.10. The first-order chi connectivity index (χ1) is 9.06. The Morgan fingerprint density at radius 2 is 2.47 bits per heavy atom. The third kappa shape index (κ3) is 5.30. The van der Waals surface area contributed by atoms with Gasteiger partial charge >= 0.3 is 0 Å². The number of hydrogen-bond acceptors (Lipinski definition) is 7. The van der Waals surface area contributed by atoms with Crippen molar-refractivity contribution in [2.75, 3.05) is 33.9 Å². The first kappa shape index (κ1) is 15.5. The molecule has 9 nitrogen and oxygen atoms in total. The van der Waals surface area contributed by atoms with Gasteiger partial charge in [-0.1, -0.05) is 5.21 Å². The van der Waals surface area contributed by atoms with E-state index < -0.39 is 12.0 Å². The summed E-state index contributed by atoms with van der Waals surface area (Å²) in [5.74, 6) is 4.52. The van der Waals surface area contributed by atoms with Gasteiger partial charge in [0.2, 0.25) is 0 Å². The average Bonchev–Trinajstić information content (AvgIpc) is 2.84. The standard InChI is InChI=1S/C10H20N6O3/c1-15(5-8(17)7-19-2)3-4-16-6-9(13-14-16)10(18)12-11/h6,8,17H,3-5,7,11H2,1-2H3,(H,12,18). The fraction of sp³-hybridized carbons (Fsp3) is 0.700. The van der Waals surface area contributed by atoms with Crippen LogP contribution >= 0.6 is 0 Å². The predicted molar refractivity (Wildman–Crippen MR) is 67.1 cm³/mol. The second kappa shape index (κ2) is 7.79. The molecule has 1 amide bonds. The number of rotatable bonds is 8. The second-order valence-corrected chi connectivity index (χ2v) is 4.21. The van der Waals surface area contributed by atoms with Crippen LogP contribution in [0.2, 0.25) is 0 Å². The lowest BCUT2D eigenvalue weighted by Gasteiger charge is -2.19. The van der Waals surface area contributed by atoms with Crippen LogP contribution in [0.1, 0.15) is 10.5 Å². The maximum Gasteiger partial charge on any atom is 0.287 e. The molecule has 0 aliphatic carbocycles. The number of aliphatic hydroxyl groups is 1. The highest BCUT2D eigenvalue weighted by Crippen LogP contribution is 1.95. The maximum absolute atomic E-state index is 11.2. The molecule has 0 saturated heterocycles. The molecule has 0 bridgehead atoms. The number of hydrogen-bond donors (Lipinski definition) is 3. The summed E-state index contributed by atoms with van der Waals surface area (Å²) in [6, 6.07) is 0. The van der Waals surface area contributed by atoms with Gasteiger partial charge in [0.05, 0.1) is 25.5 Å². The molecular weight excluding hydrogens is 252 g/mol. The second-order valence-electron chi connectivity index (χ2n) is 4.21. The molecular formula is C10H20N6O3. The molecule has 1 atom stereocenters. The number of amides is 1. The molecule has 0 aliphatic rings. The van der Waals surface area contributed by atoms with E-state index in [1.54, 1.807) is 11.8 Å². The SMILES string of the molecule is COCC(O)CN(C)CCn1cc(C(=O)NN)nn1. The van der Waals surface area contributed by atoms with Gasteiger partial charge in [0.25, 0.3) is 5.91 Å². The molecule has 1 heterocycles. The van der Waals surface area contributed by atoms with Gasteiger partial charge in [-0.05, 0) is 7.05 Å². The van der Waals surface area contributed by atoms with Crippen LogP contribution in [0.4, 0.5) is 0 Å². The molecule has 1 aromatic rings. The monoisotopic (exact) mass is 272 g/mol. The van der Waals surface area contributed by atoms with Gasteiger partial charge in [0.1, 0.15) is 0 Å². The van der Waals surface area contributed by atoms with Crippen LogP contribution in [0.5, 0.6) is 0 Å². The van der Waals surface area contributed by atoms with Gasteiger partial charge in [-0.15, -0.1) is 5.10 Å². The quantitative estimate of drug-likeness (QED) is 0.280. The molecule has 1 rings (SSSR count). The van der Waals surface area contributed by atoms with Crippen molar-refractivity contribution in [2.45, 2.75) is 12.6 Å². The van der Waals surface area contributed by atoms with Gasteiger partial charge < -0.3 is 14.7 Å². The normalized spacial score (nSPS) is 12.7. The predicted octanol–water partition coefficient (Wildman–Crippen LogP) is -2.18. The zero-order valence-electron chi connectivity index (χ0n) is 11.1. The number of nitrogens with two attached hydrogens (primary N) is 1. The van der Waals surface area contributed by atoms with Crippen molar-refractivity contribution in [3.8, 4) is 0 Å². The number of carbonyl (C=O) groups excluding carboxylic acids is 1. The van der Waals surface area contributed by atoms with E-state index in [1.807, 2.05) is 17.4 Å². The zero-order chi connectivity index (χ0) is 14.3. The van der Waals surface area contributed by atoms with E-state index in [9.17, 15) is 9.90 Å². The maximum atomic E-state index is 11.2. The Labute approximate surface area is 111 Å². The van der Waals surface area contributed by atoms with Gasteiger partial charge in [-0.25, -0.2) is 5.84 Å². The smallest absolute Gasteiger partial charge is 0.287 e. The molecule has 108 valence electrons. The Bertz CT molecular complexity index is 396. The molecule has 0 radical (unpaired) electrons. The van der Waals surface area contributed by atoms with Crippen molar-refractivity contribution in [1.82, 2.24) is 25.3 Å². The molecule has 9 heteroatoms. The third-order valence-corrected chi connectivity index (χ3v) is 2.49. The van der Waals surface area contributed by atoms with E-state index in [4.69, 9.17) is 10.6 Å². The molecule has 0 spiro atoms. The first-order valence-corrected chi connectivity index (χ1v) is 5.83. The molecule has 4 N–H and O–H groups in total. The van der Waals surface area contributed by atoms with Crippen LogP contribution in [-0.4, -0.2) is 70.9 Å². The lowest BCUT2D eigenvalue weighted by molar-refractivity contribution is 0.0425. The Balaban J connectivity index is 2.35. The highest BCUT2D eigenvalue weighted by molar-refractivity contribution is 5.91. The highest BCUT2D eigenvalue weighted by atomic mass is 16.5. The number of nitrogens with zero attached hydrogens (tertiary/aromatic N) is 4. The van der Waals surface area contributed by atoms with Gasteiger partial charge in [-0.3, -0.25) is 14.9 Å². The number of likely N-dealkylation sites (N-methyl/N-ethyl adjacent to an activating group) is 1. The summed E-state index contributed by atoms with van der Waals surface area (Å²) < 4.78 is 6.39. The summed E-state index contributed by atoms with van der Waals surface area (Å²) in [4.78, 5) is 13.1. The number of hydrazine groups is 1. The Kier molecular flexibility index (Phi) is 6.36. The largest absolute Gasteiger partial charge is 0.389 e. The number of nitrogen functional groups attached to an aromatic ring is 1. The van der Waals surface area contributed by atoms with Crippen LogP contribution < -0.4 is 11.3 Å². The van der Waals surface area contributed by atoms with Crippen LogP contribution in [0, 0.1) is 0 Å². The molecule has 1 unspecified atom stereocenters. The van der Waals surface area contributed by atoms with Crippen molar-refractivity contribution >= 4 is 5.91 Å². The summed E-state index contributed by atoms with van der Waals surface area (Å²) >= 11 is 0. The summed E-state index contributed by atoms with van der Waals surface area (Å²) in [6.07, 6.45) is 0.992. The summed E-state index contributed by atoms with van der Waals surface area (Å²) in [5, 5.41) is 17.1. The van der Waals surface area contributed by atoms with E-state index in [-0.39, 0.29) is 5.69 Å². The average molecular weight is 272 g/mol. The van der Waals surface area contributed by atoms with Crippen molar-refractivity contribution in [3.05, 3.63) is 11.9 Å². The van der Waals surface area contributed by atoms with Gasteiger partial charge in [0.15, 0.2) is 5.69 Å². The summed E-state index contributed by atoms with van der Waals surface area (Å²) in [7, 11) is 3.42. The lowest BCUT2D eigenvalue weighted by Crippen LogP contribution is -2.34. The number of aromatic nitrogens is 3. The first-order valence-electron chi connectivity index (χ1n) is 5.83. The topological polar surface area (TPSA) is 119 Å². The molecule has 1 aromatic heterocycles. The van der Waals surface area contributed by atoms with Crippen molar-refractivity contribution in [1.29, 1.82) is 0 Å². The van der Waals surface area contributed by atoms with Crippen LogP contribution in [-0.2, 0) is 11.3 Å². The zero-order valence-corrected chi connectivity index (χ0v) is 11.1. The van der Waals surface area contributed by atoms with Crippen LogP contribution in [0.3, 0.4) is 0 Å². The number of aliphatic hydroxyl groups excluding tert-OH is 1. The minimum atomic E-state index is -0.524. The number of methoxy groups -OCH3 is 1. The van der Waals surface area contributed by atoms with Crippen molar-refractivity contribution in [3.63, 3.8) is 0 Å². The molecule has 19 heavy (non-hydrogen) atoms. The van der Waals surface area contributed by atoms with Gasteiger partial charge in [0, 0.05) is 20.2 Å². The lowest BCUT2D eigenvalue weighted by atomic mass is 10.3. The Morgan fingerprint density at radius 1 is 1.74 bits per heavy atom. The molecule has 0 fully saturated rings.